The molecule has 5 nitrogen and oxygen atoms in total. The number of aldehydes is 1. The maximum atomic E-state index is 11.7. The third-order valence-electron chi connectivity index (χ3n) is 4.76. The van der Waals surface area contributed by atoms with Gasteiger partial charge in [-0.05, 0) is 32.2 Å². The van der Waals surface area contributed by atoms with Gasteiger partial charge in [0.25, 0.3) is 0 Å². The van der Waals surface area contributed by atoms with Gasteiger partial charge in [-0.15, -0.1) is 11.8 Å². The second-order valence-corrected chi connectivity index (χ2v) is 7.43. The van der Waals surface area contributed by atoms with Crippen LogP contribution in [0.5, 0.6) is 0 Å². The predicted molar refractivity (Wildman–Crippen MR) is 102 cm³/mol. The summed E-state index contributed by atoms with van der Waals surface area (Å²) in [6, 6.07) is 2.52. The molecule has 2 heterocycles. The van der Waals surface area contributed by atoms with Crippen LogP contribution in [0.4, 0.5) is 5.69 Å². The molecule has 0 spiro atoms. The SMILES string of the molecule is CSCN(C)CN(c1c(C=O)cnc2[nH]ccc12)C1CCCCC1. The van der Waals surface area contributed by atoms with E-state index in [9.17, 15) is 4.79 Å². The molecular weight excluding hydrogens is 320 g/mol. The highest BCUT2D eigenvalue weighted by atomic mass is 32.2. The summed E-state index contributed by atoms with van der Waals surface area (Å²) in [6.45, 7) is 0.830. The summed E-state index contributed by atoms with van der Waals surface area (Å²) in [6.07, 6.45) is 12.9. The quantitative estimate of drug-likeness (QED) is 0.611. The van der Waals surface area contributed by atoms with Gasteiger partial charge >= 0.3 is 0 Å². The minimum Gasteiger partial charge on any atom is -0.354 e. The molecule has 0 radical (unpaired) electrons. The largest absolute Gasteiger partial charge is 0.354 e. The molecule has 0 amide bonds. The van der Waals surface area contributed by atoms with Gasteiger partial charge in [0.1, 0.15) is 5.65 Å². The first kappa shape index (κ1) is 17.3. The van der Waals surface area contributed by atoms with Crippen LogP contribution in [0.15, 0.2) is 18.5 Å². The van der Waals surface area contributed by atoms with Gasteiger partial charge in [-0.3, -0.25) is 9.69 Å². The molecule has 1 aliphatic carbocycles. The van der Waals surface area contributed by atoms with Crippen molar-refractivity contribution >= 4 is 34.8 Å². The molecule has 1 aliphatic rings. The first-order valence-corrected chi connectivity index (χ1v) is 9.99. The fraction of sp³-hybridized carbons (Fsp3) is 0.556. The molecule has 0 bridgehead atoms. The fourth-order valence-corrected chi connectivity index (χ4v) is 4.22. The third-order valence-corrected chi connectivity index (χ3v) is 5.46. The number of fused-ring (bicyclic) bond motifs is 1. The fourth-order valence-electron chi connectivity index (χ4n) is 3.70. The maximum absolute atomic E-state index is 11.7. The summed E-state index contributed by atoms with van der Waals surface area (Å²) < 4.78 is 0. The number of aromatic amines is 1. The number of anilines is 1. The molecule has 1 fully saturated rings. The number of pyridine rings is 1. The number of nitrogens with one attached hydrogen (secondary N) is 1. The number of rotatable bonds is 7. The van der Waals surface area contributed by atoms with E-state index in [1.54, 1.807) is 6.20 Å². The Hall–Kier alpha value is -1.53. The lowest BCUT2D eigenvalue weighted by molar-refractivity contribution is 0.112. The third kappa shape index (κ3) is 3.59. The van der Waals surface area contributed by atoms with Gasteiger partial charge in [-0.25, -0.2) is 4.98 Å². The van der Waals surface area contributed by atoms with Crippen LogP contribution in [-0.2, 0) is 0 Å². The molecule has 1 saturated carbocycles. The molecule has 1 N–H and O–H groups in total. The van der Waals surface area contributed by atoms with E-state index < -0.39 is 0 Å². The Kier molecular flexibility index (Phi) is 5.79. The van der Waals surface area contributed by atoms with Gasteiger partial charge in [0.2, 0.25) is 0 Å². The molecular formula is C18H26N4OS. The molecule has 0 unspecified atom stereocenters. The van der Waals surface area contributed by atoms with Gasteiger partial charge in [0, 0.05) is 29.7 Å². The Bertz CT molecular complexity index is 681. The monoisotopic (exact) mass is 346 g/mol. The lowest BCUT2D eigenvalue weighted by atomic mass is 9.93. The molecule has 2 aromatic rings. The van der Waals surface area contributed by atoms with Crippen molar-refractivity contribution in [3.63, 3.8) is 0 Å². The van der Waals surface area contributed by atoms with E-state index in [-0.39, 0.29) is 0 Å². The minimum absolute atomic E-state index is 0.488. The zero-order valence-corrected chi connectivity index (χ0v) is 15.3. The van der Waals surface area contributed by atoms with Crippen LogP contribution in [0.25, 0.3) is 11.0 Å². The number of thioether (sulfide) groups is 1. The van der Waals surface area contributed by atoms with Gasteiger partial charge in [-0.2, -0.15) is 0 Å². The molecule has 24 heavy (non-hydrogen) atoms. The Balaban J connectivity index is 2.03. The number of carbonyl (C=O) groups excluding carboxylic acids is 1. The van der Waals surface area contributed by atoms with E-state index in [1.807, 2.05) is 24.0 Å². The van der Waals surface area contributed by atoms with Crippen molar-refractivity contribution in [3.8, 4) is 0 Å². The van der Waals surface area contributed by atoms with Crippen LogP contribution in [0, 0.1) is 0 Å². The topological polar surface area (TPSA) is 52.2 Å². The summed E-state index contributed by atoms with van der Waals surface area (Å²) in [7, 11) is 2.14. The Morgan fingerprint density at radius 3 is 2.88 bits per heavy atom. The van der Waals surface area contributed by atoms with E-state index in [2.05, 4.69) is 33.1 Å². The van der Waals surface area contributed by atoms with Crippen molar-refractivity contribution in [2.24, 2.45) is 0 Å². The number of aromatic nitrogens is 2. The van der Waals surface area contributed by atoms with Crippen LogP contribution in [0.2, 0.25) is 0 Å². The highest BCUT2D eigenvalue weighted by Gasteiger charge is 2.26. The molecule has 3 rings (SSSR count). The molecule has 0 atom stereocenters. The summed E-state index contributed by atoms with van der Waals surface area (Å²) in [5, 5.41) is 1.04. The molecule has 130 valence electrons. The van der Waals surface area contributed by atoms with Gasteiger partial charge in [-0.1, -0.05) is 19.3 Å². The van der Waals surface area contributed by atoms with Crippen molar-refractivity contribution in [1.82, 2.24) is 14.9 Å². The van der Waals surface area contributed by atoms with Crippen molar-refractivity contribution in [2.45, 2.75) is 38.1 Å². The van der Waals surface area contributed by atoms with Crippen LogP contribution in [0.3, 0.4) is 0 Å². The summed E-state index contributed by atoms with van der Waals surface area (Å²) >= 11 is 1.82. The standard InChI is InChI=1S/C18H26N4OS/c1-21(13-24-2)12-22(15-6-4-3-5-7-15)17-14(11-23)10-20-18-16(17)8-9-19-18/h8-11,15H,3-7,12-13H2,1-2H3,(H,19,20). The van der Waals surface area contributed by atoms with Gasteiger partial charge < -0.3 is 9.88 Å². The molecule has 2 aromatic heterocycles. The van der Waals surface area contributed by atoms with Crippen molar-refractivity contribution in [1.29, 1.82) is 0 Å². The van der Waals surface area contributed by atoms with E-state index >= 15 is 0 Å². The first-order chi connectivity index (χ1) is 11.7. The average molecular weight is 347 g/mol. The maximum Gasteiger partial charge on any atom is 0.153 e. The van der Waals surface area contributed by atoms with Crippen LogP contribution in [-0.4, -0.2) is 53.0 Å². The van der Waals surface area contributed by atoms with Crippen molar-refractivity contribution in [3.05, 3.63) is 24.0 Å². The number of hydrogen-bond donors (Lipinski definition) is 1. The zero-order chi connectivity index (χ0) is 16.9. The molecule has 6 heteroatoms. The van der Waals surface area contributed by atoms with E-state index in [4.69, 9.17) is 0 Å². The average Bonchev–Trinajstić information content (AvgIpc) is 3.08. The van der Waals surface area contributed by atoms with Gasteiger partial charge in [0.15, 0.2) is 6.29 Å². The second kappa shape index (κ2) is 8.03. The van der Waals surface area contributed by atoms with E-state index in [0.717, 1.165) is 35.6 Å². The number of H-pyrrole nitrogens is 1. The van der Waals surface area contributed by atoms with E-state index in [1.165, 1.54) is 32.1 Å². The van der Waals surface area contributed by atoms with Crippen LogP contribution in [0.1, 0.15) is 42.5 Å². The first-order valence-electron chi connectivity index (χ1n) is 8.60. The van der Waals surface area contributed by atoms with Crippen LogP contribution < -0.4 is 4.90 Å². The minimum atomic E-state index is 0.488. The molecule has 0 aliphatic heterocycles. The summed E-state index contributed by atoms with van der Waals surface area (Å²) in [5.41, 5.74) is 2.57. The van der Waals surface area contributed by atoms with Crippen LogP contribution >= 0.6 is 11.8 Å². The Morgan fingerprint density at radius 1 is 1.38 bits per heavy atom. The highest BCUT2D eigenvalue weighted by Crippen LogP contribution is 2.34. The molecule has 0 aromatic carbocycles. The lowest BCUT2D eigenvalue weighted by Crippen LogP contribution is -2.44. The zero-order valence-electron chi connectivity index (χ0n) is 14.5. The number of carbonyl (C=O) groups is 1. The summed E-state index contributed by atoms with van der Waals surface area (Å²) in [4.78, 5) is 24.0. The highest BCUT2D eigenvalue weighted by molar-refractivity contribution is 7.98. The normalized spacial score (nSPS) is 16.0. The van der Waals surface area contributed by atoms with Crippen molar-refractivity contribution in [2.75, 3.05) is 30.7 Å². The van der Waals surface area contributed by atoms with E-state index in [0.29, 0.717) is 11.6 Å². The lowest BCUT2D eigenvalue weighted by Gasteiger charge is -2.39. The number of hydrogen-bond acceptors (Lipinski definition) is 5. The number of nitrogens with zero attached hydrogens (tertiary/aromatic N) is 3. The predicted octanol–water partition coefficient (Wildman–Crippen LogP) is 3.72. The Morgan fingerprint density at radius 2 is 2.17 bits per heavy atom. The smallest absolute Gasteiger partial charge is 0.153 e. The second-order valence-electron chi connectivity index (χ2n) is 6.60. The summed E-state index contributed by atoms with van der Waals surface area (Å²) in [5.74, 6) is 0.973. The Labute approximate surface area is 147 Å². The van der Waals surface area contributed by atoms with Crippen molar-refractivity contribution < 1.29 is 4.79 Å². The molecule has 0 saturated heterocycles. The van der Waals surface area contributed by atoms with Gasteiger partial charge in [0.05, 0.1) is 17.9 Å².